The predicted octanol–water partition coefficient (Wildman–Crippen LogP) is 9.21. The van der Waals surface area contributed by atoms with Gasteiger partial charge in [-0.05, 0) is 122 Å². The van der Waals surface area contributed by atoms with Gasteiger partial charge in [0.05, 0.1) is 12.5 Å². The number of hydrogen-bond donors (Lipinski definition) is 3. The topological polar surface area (TPSA) is 121 Å². The predicted molar refractivity (Wildman–Crippen MR) is 202 cm³/mol. The maximum absolute atomic E-state index is 12.3. The van der Waals surface area contributed by atoms with E-state index in [1.807, 2.05) is 50.2 Å². The van der Waals surface area contributed by atoms with E-state index < -0.39 is 11.4 Å². The molecule has 0 radical (unpaired) electrons. The number of hydrogen-bond acceptors (Lipinski definition) is 6. The molecule has 7 unspecified atom stereocenters. The lowest BCUT2D eigenvalue weighted by atomic mass is 9.34. The average Bonchev–Trinajstić information content (AvgIpc) is 3.12. The second-order valence-electron chi connectivity index (χ2n) is 17.2. The molecule has 52 heavy (non-hydrogen) atoms. The summed E-state index contributed by atoms with van der Waals surface area (Å²) in [6.45, 7) is 17.3. The molecule has 276 valence electrons. The number of aliphatic carboxylic acids is 1. The first-order valence-corrected chi connectivity index (χ1v) is 18.6. The number of ether oxygens (including phenoxy) is 1. The van der Waals surface area contributed by atoms with Crippen LogP contribution >= 0.6 is 0 Å². The molecule has 5 aliphatic rings. The molecule has 0 amide bonds. The second kappa shape index (κ2) is 12.9. The Morgan fingerprint density at radius 1 is 0.942 bits per heavy atom. The number of rotatable bonds is 5. The molecule has 2 aromatic rings. The van der Waals surface area contributed by atoms with Crippen molar-refractivity contribution in [3.8, 4) is 11.5 Å². The first-order valence-electron chi connectivity index (χ1n) is 18.6. The summed E-state index contributed by atoms with van der Waals surface area (Å²) < 4.78 is 4.86. The Bertz CT molecular complexity index is 1940. The standard InChI is InChI=1S/C29H40O4.C16H14O3/c1-17-18-7-8-21-27(4,19(18)15-20(30)23(17)31)12-14-29(6)22-16-26(3,24(32)33)10-9-25(22,2)11-13-28(21,29)5;1-3-12(11-7-5-4-6-8-11)13-9-15(18)16(19-2)10-14(13)17/h8,15,22,30-31H,7,9-14,16H2,1-6H3,(H,32,33);3-10,12H,1H2,2H3. The SMILES string of the molecule is C=CC(C1=CC(=O)C(OC)=CC1=O)c1ccccc1.Cc1c(O)c(O)cc2c1CC=C1C2(C)CCC2(C)C3CC(C)(C(=O)O)CCC3(C)CCC12C. The smallest absolute Gasteiger partial charge is 0.309 e. The van der Waals surface area contributed by atoms with Crippen LogP contribution in [0, 0.1) is 34.5 Å². The molecule has 0 aromatic heterocycles. The molecule has 0 bridgehead atoms. The number of carboxylic acids is 1. The van der Waals surface area contributed by atoms with Gasteiger partial charge in [-0.3, -0.25) is 14.4 Å². The molecule has 3 N–H and O–H groups in total. The van der Waals surface area contributed by atoms with Crippen LogP contribution in [0.25, 0.3) is 0 Å². The zero-order valence-corrected chi connectivity index (χ0v) is 31.8. The summed E-state index contributed by atoms with van der Waals surface area (Å²) in [4.78, 5) is 36.1. The number of carboxylic acid groups (broad SMARTS) is 1. The minimum atomic E-state index is -0.641. The van der Waals surface area contributed by atoms with E-state index in [-0.39, 0.29) is 56.4 Å². The van der Waals surface area contributed by atoms with Gasteiger partial charge in [-0.15, -0.1) is 6.58 Å². The van der Waals surface area contributed by atoms with Crippen molar-refractivity contribution in [1.82, 2.24) is 0 Å². The Labute approximate surface area is 308 Å². The summed E-state index contributed by atoms with van der Waals surface area (Å²) in [7, 11) is 1.37. The summed E-state index contributed by atoms with van der Waals surface area (Å²) in [5.74, 6) is -1.00. The normalized spacial score (nSPS) is 34.0. The van der Waals surface area contributed by atoms with Crippen LogP contribution in [0.2, 0.25) is 0 Å². The third-order valence-electron chi connectivity index (χ3n) is 14.6. The molecule has 7 heteroatoms. The Morgan fingerprint density at radius 2 is 1.62 bits per heavy atom. The van der Waals surface area contributed by atoms with Crippen LogP contribution in [0.1, 0.15) is 108 Å². The lowest BCUT2D eigenvalue weighted by Gasteiger charge is -2.69. The van der Waals surface area contributed by atoms with Crippen molar-refractivity contribution in [3.63, 3.8) is 0 Å². The van der Waals surface area contributed by atoms with E-state index in [2.05, 4.69) is 40.3 Å². The zero-order chi connectivity index (χ0) is 38.0. The number of benzene rings is 2. The summed E-state index contributed by atoms with van der Waals surface area (Å²) in [5.41, 5.74) is 5.36. The van der Waals surface area contributed by atoms with Crippen LogP contribution in [0.15, 0.2) is 84.2 Å². The fraction of sp³-hybridized carbons (Fsp3) is 0.489. The third kappa shape index (κ3) is 5.57. The molecule has 7 nitrogen and oxygen atoms in total. The number of allylic oxidation sites excluding steroid dienone is 6. The van der Waals surface area contributed by atoms with Crippen molar-refractivity contribution in [1.29, 1.82) is 0 Å². The highest BCUT2D eigenvalue weighted by atomic mass is 16.5. The van der Waals surface area contributed by atoms with E-state index >= 15 is 0 Å². The lowest BCUT2D eigenvalue weighted by molar-refractivity contribution is -0.177. The first-order chi connectivity index (χ1) is 24.4. The zero-order valence-electron chi connectivity index (χ0n) is 31.8. The number of methoxy groups -OCH3 is 1. The number of phenols is 2. The van der Waals surface area contributed by atoms with Gasteiger partial charge in [-0.25, -0.2) is 0 Å². The first kappa shape index (κ1) is 37.4. The fourth-order valence-corrected chi connectivity index (χ4v) is 11.0. The molecule has 0 aliphatic heterocycles. The number of ketones is 2. The summed E-state index contributed by atoms with van der Waals surface area (Å²) in [5, 5.41) is 30.9. The van der Waals surface area contributed by atoms with Crippen molar-refractivity contribution in [2.24, 2.45) is 27.6 Å². The number of aromatic hydroxyl groups is 2. The van der Waals surface area contributed by atoms with Crippen LogP contribution in [0.5, 0.6) is 11.5 Å². The van der Waals surface area contributed by atoms with Gasteiger partial charge in [-0.2, -0.15) is 0 Å². The van der Waals surface area contributed by atoms with Crippen molar-refractivity contribution < 1.29 is 34.4 Å². The van der Waals surface area contributed by atoms with Gasteiger partial charge in [0.2, 0.25) is 5.78 Å². The highest BCUT2D eigenvalue weighted by Gasteiger charge is 2.67. The van der Waals surface area contributed by atoms with Crippen molar-refractivity contribution >= 4 is 17.5 Å². The highest BCUT2D eigenvalue weighted by molar-refractivity contribution is 6.19. The van der Waals surface area contributed by atoms with Gasteiger partial charge in [-0.1, -0.05) is 75.8 Å². The molecular weight excluding hydrogens is 652 g/mol. The minimum Gasteiger partial charge on any atom is -0.504 e. The third-order valence-corrected chi connectivity index (χ3v) is 14.6. The molecule has 0 spiro atoms. The fourth-order valence-electron chi connectivity index (χ4n) is 11.0. The molecule has 5 aliphatic carbocycles. The molecule has 7 rings (SSSR count). The van der Waals surface area contributed by atoms with Crippen LogP contribution in [0.4, 0.5) is 0 Å². The van der Waals surface area contributed by atoms with Gasteiger partial charge in [0.15, 0.2) is 23.0 Å². The van der Waals surface area contributed by atoms with E-state index in [4.69, 9.17) is 4.74 Å². The summed E-state index contributed by atoms with van der Waals surface area (Å²) >= 11 is 0. The Morgan fingerprint density at radius 3 is 2.25 bits per heavy atom. The van der Waals surface area contributed by atoms with Gasteiger partial charge in [0, 0.05) is 23.0 Å². The van der Waals surface area contributed by atoms with E-state index in [9.17, 15) is 29.7 Å². The van der Waals surface area contributed by atoms with E-state index in [1.54, 1.807) is 6.08 Å². The monoisotopic (exact) mass is 706 g/mol. The van der Waals surface area contributed by atoms with E-state index in [1.165, 1.54) is 30.4 Å². The summed E-state index contributed by atoms with van der Waals surface area (Å²) in [6, 6.07) is 11.3. The number of carbonyl (C=O) groups excluding carboxylic acids is 2. The van der Waals surface area contributed by atoms with E-state index in [0.29, 0.717) is 11.5 Å². The molecule has 0 saturated heterocycles. The maximum atomic E-state index is 12.3. The Hall–Kier alpha value is -4.39. The number of phenolic OH excluding ortho intramolecular Hbond substituents is 2. The Balaban J connectivity index is 0.000000208. The quantitative estimate of drug-likeness (QED) is 0.161. The molecule has 7 atom stereocenters. The molecule has 2 aromatic carbocycles. The summed E-state index contributed by atoms with van der Waals surface area (Å²) in [6.07, 6.45) is 14.3. The molecule has 0 heterocycles. The number of fused-ring (bicyclic) bond motifs is 7. The van der Waals surface area contributed by atoms with Gasteiger partial charge >= 0.3 is 5.97 Å². The second-order valence-corrected chi connectivity index (χ2v) is 17.2. The van der Waals surface area contributed by atoms with Crippen molar-refractivity contribution in [2.75, 3.05) is 7.11 Å². The number of carbonyl (C=O) groups is 3. The van der Waals surface area contributed by atoms with Gasteiger partial charge in [0.25, 0.3) is 0 Å². The molecule has 3 fully saturated rings. The van der Waals surface area contributed by atoms with Crippen LogP contribution in [0.3, 0.4) is 0 Å². The van der Waals surface area contributed by atoms with Crippen LogP contribution in [-0.4, -0.2) is 40.0 Å². The average molecular weight is 707 g/mol. The minimum absolute atomic E-state index is 0.00431. The van der Waals surface area contributed by atoms with Gasteiger partial charge in [0.1, 0.15) is 0 Å². The van der Waals surface area contributed by atoms with E-state index in [0.717, 1.165) is 68.1 Å². The largest absolute Gasteiger partial charge is 0.504 e. The van der Waals surface area contributed by atoms with Crippen LogP contribution < -0.4 is 0 Å². The molecule has 3 saturated carbocycles. The van der Waals surface area contributed by atoms with Gasteiger partial charge < -0.3 is 20.1 Å². The maximum Gasteiger partial charge on any atom is 0.309 e. The Kier molecular flexibility index (Phi) is 9.29. The molecular formula is C45H54O7. The van der Waals surface area contributed by atoms with Crippen molar-refractivity contribution in [3.05, 3.63) is 106 Å². The lowest BCUT2D eigenvalue weighted by Crippen LogP contribution is -2.62. The van der Waals surface area contributed by atoms with Crippen LogP contribution in [-0.2, 0) is 31.0 Å². The highest BCUT2D eigenvalue weighted by Crippen LogP contribution is 2.74. The van der Waals surface area contributed by atoms with Crippen molar-refractivity contribution in [2.45, 2.75) is 104 Å².